The highest BCUT2D eigenvalue weighted by atomic mass is 16.5. The first-order valence-electron chi connectivity index (χ1n) is 7.22. The zero-order valence-corrected chi connectivity index (χ0v) is 12.2. The Morgan fingerprint density at radius 3 is 2.74 bits per heavy atom. The summed E-state index contributed by atoms with van der Waals surface area (Å²) in [4.78, 5) is 0. The summed E-state index contributed by atoms with van der Waals surface area (Å²) in [5.74, 6) is 1.02. The van der Waals surface area contributed by atoms with Crippen LogP contribution in [0.25, 0.3) is 0 Å². The lowest BCUT2D eigenvalue weighted by Gasteiger charge is -2.20. The SMILES string of the molecule is Cc1cccc(C)c1OCCNC(C)C1CCCO1. The first-order chi connectivity index (χ1) is 9.18. The van der Waals surface area contributed by atoms with Crippen molar-refractivity contribution in [3.8, 4) is 5.75 Å². The summed E-state index contributed by atoms with van der Waals surface area (Å²) in [5, 5.41) is 3.48. The molecule has 2 atom stereocenters. The van der Waals surface area contributed by atoms with Gasteiger partial charge < -0.3 is 14.8 Å². The molecular formula is C16H25NO2. The van der Waals surface area contributed by atoms with Crippen LogP contribution in [0, 0.1) is 13.8 Å². The maximum atomic E-state index is 5.88. The summed E-state index contributed by atoms with van der Waals surface area (Å²) < 4.78 is 11.5. The molecule has 1 aromatic rings. The van der Waals surface area contributed by atoms with Crippen molar-refractivity contribution in [1.29, 1.82) is 0 Å². The summed E-state index contributed by atoms with van der Waals surface area (Å²) in [5.41, 5.74) is 2.40. The lowest BCUT2D eigenvalue weighted by molar-refractivity contribution is 0.0824. The fraction of sp³-hybridized carbons (Fsp3) is 0.625. The van der Waals surface area contributed by atoms with E-state index in [-0.39, 0.29) is 0 Å². The van der Waals surface area contributed by atoms with Gasteiger partial charge in [-0.15, -0.1) is 0 Å². The third kappa shape index (κ3) is 3.95. The number of para-hydroxylation sites is 1. The molecule has 0 aromatic heterocycles. The van der Waals surface area contributed by atoms with E-state index in [1.165, 1.54) is 24.0 Å². The van der Waals surface area contributed by atoms with Crippen LogP contribution in [-0.2, 0) is 4.74 Å². The smallest absolute Gasteiger partial charge is 0.125 e. The van der Waals surface area contributed by atoms with Crippen molar-refractivity contribution < 1.29 is 9.47 Å². The Morgan fingerprint density at radius 2 is 2.11 bits per heavy atom. The molecule has 1 saturated heterocycles. The summed E-state index contributed by atoms with van der Waals surface area (Å²) >= 11 is 0. The van der Waals surface area contributed by atoms with Gasteiger partial charge in [-0.25, -0.2) is 0 Å². The van der Waals surface area contributed by atoms with E-state index < -0.39 is 0 Å². The number of rotatable bonds is 6. The number of ether oxygens (including phenoxy) is 2. The summed E-state index contributed by atoms with van der Waals surface area (Å²) in [6, 6.07) is 6.65. The zero-order valence-electron chi connectivity index (χ0n) is 12.2. The molecule has 3 heteroatoms. The first kappa shape index (κ1) is 14.4. The van der Waals surface area contributed by atoms with Crippen LogP contribution in [0.3, 0.4) is 0 Å². The van der Waals surface area contributed by atoms with E-state index in [9.17, 15) is 0 Å². The van der Waals surface area contributed by atoms with E-state index in [2.05, 4.69) is 44.3 Å². The highest BCUT2D eigenvalue weighted by Gasteiger charge is 2.21. The van der Waals surface area contributed by atoms with Crippen LogP contribution < -0.4 is 10.1 Å². The average molecular weight is 263 g/mol. The van der Waals surface area contributed by atoms with Crippen molar-refractivity contribution in [3.05, 3.63) is 29.3 Å². The fourth-order valence-electron chi connectivity index (χ4n) is 2.59. The van der Waals surface area contributed by atoms with Gasteiger partial charge in [0.25, 0.3) is 0 Å². The molecule has 0 bridgehead atoms. The van der Waals surface area contributed by atoms with E-state index in [1.54, 1.807) is 0 Å². The monoisotopic (exact) mass is 263 g/mol. The fourth-order valence-corrected chi connectivity index (χ4v) is 2.59. The number of aryl methyl sites for hydroxylation is 2. The van der Waals surface area contributed by atoms with Crippen molar-refractivity contribution in [1.82, 2.24) is 5.32 Å². The van der Waals surface area contributed by atoms with E-state index in [1.807, 2.05) is 0 Å². The molecule has 0 radical (unpaired) electrons. The Morgan fingerprint density at radius 1 is 1.37 bits per heavy atom. The van der Waals surface area contributed by atoms with Crippen LogP contribution in [-0.4, -0.2) is 31.9 Å². The van der Waals surface area contributed by atoms with Gasteiger partial charge in [-0.3, -0.25) is 0 Å². The lowest BCUT2D eigenvalue weighted by atomic mass is 10.1. The van der Waals surface area contributed by atoms with E-state index in [0.717, 1.165) is 18.9 Å². The third-order valence-corrected chi connectivity index (χ3v) is 3.75. The van der Waals surface area contributed by atoms with Crippen molar-refractivity contribution in [3.63, 3.8) is 0 Å². The Hall–Kier alpha value is -1.06. The van der Waals surface area contributed by atoms with Crippen LogP contribution in [0.1, 0.15) is 30.9 Å². The second kappa shape index (κ2) is 6.92. The molecule has 1 fully saturated rings. The molecule has 0 saturated carbocycles. The van der Waals surface area contributed by atoms with Crippen LogP contribution >= 0.6 is 0 Å². The normalized spacial score (nSPS) is 20.5. The first-order valence-corrected chi connectivity index (χ1v) is 7.22. The van der Waals surface area contributed by atoms with Gasteiger partial charge in [0.1, 0.15) is 12.4 Å². The van der Waals surface area contributed by atoms with E-state index >= 15 is 0 Å². The second-order valence-corrected chi connectivity index (χ2v) is 5.36. The number of benzene rings is 1. The van der Waals surface area contributed by atoms with Gasteiger partial charge in [-0.1, -0.05) is 18.2 Å². The number of hydrogen-bond acceptors (Lipinski definition) is 3. The lowest BCUT2D eigenvalue weighted by Crippen LogP contribution is -2.39. The standard InChI is InChI=1S/C16H25NO2/c1-12-6-4-7-13(2)16(12)19-11-9-17-14(3)15-8-5-10-18-15/h4,6-7,14-15,17H,5,8-11H2,1-3H3. The summed E-state index contributed by atoms with van der Waals surface area (Å²) in [6.07, 6.45) is 2.74. The molecule has 1 N–H and O–H groups in total. The highest BCUT2D eigenvalue weighted by molar-refractivity contribution is 5.39. The minimum absolute atomic E-state index is 0.375. The van der Waals surface area contributed by atoms with Gasteiger partial charge in [0, 0.05) is 19.2 Å². The summed E-state index contributed by atoms with van der Waals surface area (Å²) in [7, 11) is 0. The van der Waals surface area contributed by atoms with Crippen LogP contribution in [0.4, 0.5) is 0 Å². The largest absolute Gasteiger partial charge is 0.492 e. The predicted molar refractivity (Wildman–Crippen MR) is 77.8 cm³/mol. The van der Waals surface area contributed by atoms with Gasteiger partial charge in [0.2, 0.25) is 0 Å². The zero-order chi connectivity index (χ0) is 13.7. The van der Waals surface area contributed by atoms with Gasteiger partial charge in [0.05, 0.1) is 6.10 Å². The minimum Gasteiger partial charge on any atom is -0.492 e. The van der Waals surface area contributed by atoms with Crippen molar-refractivity contribution in [2.24, 2.45) is 0 Å². The Kier molecular flexibility index (Phi) is 5.23. The Labute approximate surface area is 116 Å². The number of nitrogens with one attached hydrogen (secondary N) is 1. The molecule has 106 valence electrons. The van der Waals surface area contributed by atoms with Gasteiger partial charge in [0.15, 0.2) is 0 Å². The molecule has 1 heterocycles. The van der Waals surface area contributed by atoms with Crippen molar-refractivity contribution >= 4 is 0 Å². The van der Waals surface area contributed by atoms with E-state index in [0.29, 0.717) is 18.8 Å². The Balaban J connectivity index is 1.71. The highest BCUT2D eigenvalue weighted by Crippen LogP contribution is 2.22. The number of hydrogen-bond donors (Lipinski definition) is 1. The maximum absolute atomic E-state index is 5.88. The van der Waals surface area contributed by atoms with E-state index in [4.69, 9.17) is 9.47 Å². The molecule has 2 rings (SSSR count). The second-order valence-electron chi connectivity index (χ2n) is 5.36. The molecular weight excluding hydrogens is 238 g/mol. The minimum atomic E-state index is 0.375. The molecule has 3 nitrogen and oxygen atoms in total. The quantitative estimate of drug-likeness (QED) is 0.801. The van der Waals surface area contributed by atoms with Crippen molar-refractivity contribution in [2.75, 3.05) is 19.8 Å². The topological polar surface area (TPSA) is 30.5 Å². The summed E-state index contributed by atoms with van der Waals surface area (Å²) in [6.45, 7) is 8.83. The third-order valence-electron chi connectivity index (χ3n) is 3.75. The molecule has 1 aliphatic rings. The molecule has 2 unspecified atom stereocenters. The van der Waals surface area contributed by atoms with Gasteiger partial charge >= 0.3 is 0 Å². The Bertz CT molecular complexity index is 379. The average Bonchev–Trinajstić information content (AvgIpc) is 2.91. The van der Waals surface area contributed by atoms with Crippen LogP contribution in [0.15, 0.2) is 18.2 Å². The van der Waals surface area contributed by atoms with Gasteiger partial charge in [-0.2, -0.15) is 0 Å². The molecule has 1 aromatic carbocycles. The van der Waals surface area contributed by atoms with Gasteiger partial charge in [-0.05, 0) is 44.7 Å². The predicted octanol–water partition coefficient (Wildman–Crippen LogP) is 2.84. The molecule has 19 heavy (non-hydrogen) atoms. The maximum Gasteiger partial charge on any atom is 0.125 e. The van der Waals surface area contributed by atoms with Crippen molar-refractivity contribution in [2.45, 2.75) is 45.8 Å². The van der Waals surface area contributed by atoms with Crippen LogP contribution in [0.5, 0.6) is 5.75 Å². The molecule has 0 amide bonds. The van der Waals surface area contributed by atoms with Crippen LogP contribution in [0.2, 0.25) is 0 Å². The molecule has 1 aliphatic heterocycles. The molecule has 0 aliphatic carbocycles. The molecule has 0 spiro atoms.